The molecule has 1 aromatic rings. The van der Waals surface area contributed by atoms with E-state index in [0.717, 1.165) is 0 Å². The second-order valence-corrected chi connectivity index (χ2v) is 6.97. The number of sulfonamides is 1. The highest BCUT2D eigenvalue weighted by atomic mass is 32.2. The van der Waals surface area contributed by atoms with Gasteiger partial charge < -0.3 is 10.5 Å². The minimum absolute atomic E-state index is 0.184. The molecule has 2 N–H and O–H groups in total. The molecular formula is C13H20N2O3S2. The van der Waals surface area contributed by atoms with E-state index in [1.54, 1.807) is 33.2 Å². The highest BCUT2D eigenvalue weighted by Crippen LogP contribution is 2.20. The summed E-state index contributed by atoms with van der Waals surface area (Å²) < 4.78 is 31.3. The quantitative estimate of drug-likeness (QED) is 0.606. The van der Waals surface area contributed by atoms with Gasteiger partial charge in [0.1, 0.15) is 4.99 Å². The minimum Gasteiger partial charge on any atom is -0.389 e. The molecule has 0 aliphatic heterocycles. The number of nitrogens with zero attached hydrogens (tertiary/aromatic N) is 1. The Bertz CT molecular complexity index is 585. The number of ether oxygens (including phenoxy) is 1. The van der Waals surface area contributed by atoms with Crippen LogP contribution in [0.25, 0.3) is 0 Å². The normalized spacial score (nSPS) is 11.8. The van der Waals surface area contributed by atoms with Gasteiger partial charge >= 0.3 is 0 Å². The van der Waals surface area contributed by atoms with E-state index in [4.69, 9.17) is 22.7 Å². The summed E-state index contributed by atoms with van der Waals surface area (Å²) in [5.74, 6) is 0. The van der Waals surface area contributed by atoms with Crippen molar-refractivity contribution in [2.45, 2.75) is 18.2 Å². The molecule has 112 valence electrons. The van der Waals surface area contributed by atoms with Gasteiger partial charge in [0.25, 0.3) is 0 Å². The maximum absolute atomic E-state index is 12.5. The lowest BCUT2D eigenvalue weighted by atomic mass is 10.1. The van der Waals surface area contributed by atoms with Crippen LogP contribution >= 0.6 is 12.2 Å². The molecule has 7 heteroatoms. The minimum atomic E-state index is -3.54. The summed E-state index contributed by atoms with van der Waals surface area (Å²) >= 11 is 4.89. The van der Waals surface area contributed by atoms with Gasteiger partial charge in [-0.15, -0.1) is 0 Å². The molecule has 0 heterocycles. The fourth-order valence-corrected chi connectivity index (χ4v) is 3.33. The molecule has 0 amide bonds. The van der Waals surface area contributed by atoms with Gasteiger partial charge in [-0.2, -0.15) is 0 Å². The highest BCUT2D eigenvalue weighted by Gasteiger charge is 2.23. The Morgan fingerprint density at radius 1 is 1.45 bits per heavy atom. The van der Waals surface area contributed by atoms with Crippen LogP contribution in [0.3, 0.4) is 0 Å². The lowest BCUT2D eigenvalue weighted by Gasteiger charge is -2.19. The molecule has 5 nitrogen and oxygen atoms in total. The lowest BCUT2D eigenvalue weighted by Crippen LogP contribution is -2.29. The van der Waals surface area contributed by atoms with Crippen LogP contribution in [0.2, 0.25) is 0 Å². The molecule has 1 rings (SSSR count). The lowest BCUT2D eigenvalue weighted by molar-refractivity contribution is 0.189. The Morgan fingerprint density at radius 3 is 2.65 bits per heavy atom. The number of benzene rings is 1. The monoisotopic (exact) mass is 316 g/mol. The zero-order valence-electron chi connectivity index (χ0n) is 11.9. The molecule has 0 bridgehead atoms. The standard InChI is InChI=1S/C13H20N2O3S2/c1-10-5-6-11(13(14)19)9-12(10)20(16,17)15(2)7-4-8-18-3/h5-6,9H,4,7-8H2,1-3H3,(H2,14,19). The van der Waals surface area contributed by atoms with Crippen molar-refractivity contribution in [3.63, 3.8) is 0 Å². The Balaban J connectivity index is 3.08. The molecule has 0 aliphatic rings. The van der Waals surface area contributed by atoms with Gasteiger partial charge in [-0.1, -0.05) is 24.4 Å². The van der Waals surface area contributed by atoms with Gasteiger partial charge in [-0.25, -0.2) is 12.7 Å². The fourth-order valence-electron chi connectivity index (χ4n) is 1.75. The van der Waals surface area contributed by atoms with Crippen LogP contribution in [0.1, 0.15) is 17.5 Å². The molecular weight excluding hydrogens is 296 g/mol. The van der Waals surface area contributed by atoms with E-state index in [-0.39, 0.29) is 9.88 Å². The second-order valence-electron chi connectivity index (χ2n) is 4.52. The summed E-state index contributed by atoms with van der Waals surface area (Å²) in [6, 6.07) is 4.96. The van der Waals surface area contributed by atoms with E-state index in [9.17, 15) is 8.42 Å². The Labute approximate surface area is 125 Å². The van der Waals surface area contributed by atoms with E-state index in [1.807, 2.05) is 0 Å². The zero-order chi connectivity index (χ0) is 15.3. The van der Waals surface area contributed by atoms with Gasteiger partial charge in [-0.05, 0) is 25.0 Å². The van der Waals surface area contributed by atoms with Gasteiger partial charge in [0.2, 0.25) is 10.0 Å². The SMILES string of the molecule is COCCCN(C)S(=O)(=O)c1cc(C(N)=S)ccc1C. The van der Waals surface area contributed by atoms with Gasteiger partial charge in [0.05, 0.1) is 4.90 Å². The Morgan fingerprint density at radius 2 is 2.10 bits per heavy atom. The van der Waals surface area contributed by atoms with Crippen molar-refractivity contribution >= 4 is 27.2 Å². The number of hydrogen-bond acceptors (Lipinski definition) is 4. The van der Waals surface area contributed by atoms with Gasteiger partial charge in [0.15, 0.2) is 0 Å². The third-order valence-electron chi connectivity index (χ3n) is 2.98. The summed E-state index contributed by atoms with van der Waals surface area (Å²) in [5, 5.41) is 0. The first-order valence-electron chi connectivity index (χ1n) is 6.16. The molecule has 20 heavy (non-hydrogen) atoms. The molecule has 0 radical (unpaired) electrons. The first-order chi connectivity index (χ1) is 9.30. The van der Waals surface area contributed by atoms with Crippen LogP contribution in [0.5, 0.6) is 0 Å². The van der Waals surface area contributed by atoms with Crippen molar-refractivity contribution in [2.24, 2.45) is 5.73 Å². The number of rotatable bonds is 7. The van der Waals surface area contributed by atoms with E-state index >= 15 is 0 Å². The van der Waals surface area contributed by atoms with Crippen LogP contribution in [0.4, 0.5) is 0 Å². The number of hydrogen-bond donors (Lipinski definition) is 1. The first-order valence-corrected chi connectivity index (χ1v) is 8.01. The van der Waals surface area contributed by atoms with Crippen LogP contribution in [0.15, 0.2) is 23.1 Å². The molecule has 0 unspecified atom stereocenters. The van der Waals surface area contributed by atoms with E-state index in [1.165, 1.54) is 10.4 Å². The average molecular weight is 316 g/mol. The Kier molecular flexibility index (Phi) is 6.07. The molecule has 0 spiro atoms. The van der Waals surface area contributed by atoms with Crippen molar-refractivity contribution in [3.05, 3.63) is 29.3 Å². The number of methoxy groups -OCH3 is 1. The average Bonchev–Trinajstić information content (AvgIpc) is 2.38. The van der Waals surface area contributed by atoms with Gasteiger partial charge in [0, 0.05) is 32.9 Å². The topological polar surface area (TPSA) is 72.6 Å². The molecule has 0 atom stereocenters. The second kappa shape index (κ2) is 7.12. The zero-order valence-corrected chi connectivity index (χ0v) is 13.6. The summed E-state index contributed by atoms with van der Waals surface area (Å²) in [5.41, 5.74) is 6.78. The smallest absolute Gasteiger partial charge is 0.243 e. The molecule has 0 saturated carbocycles. The van der Waals surface area contributed by atoms with Crippen LogP contribution in [0, 0.1) is 6.92 Å². The first kappa shape index (κ1) is 17.0. The van der Waals surface area contributed by atoms with E-state index in [2.05, 4.69) is 0 Å². The summed E-state index contributed by atoms with van der Waals surface area (Å²) in [7, 11) is -0.402. The number of nitrogens with two attached hydrogens (primary N) is 1. The third kappa shape index (κ3) is 3.99. The van der Waals surface area contributed by atoms with Crippen molar-refractivity contribution in [1.29, 1.82) is 0 Å². The van der Waals surface area contributed by atoms with Crippen molar-refractivity contribution < 1.29 is 13.2 Å². The van der Waals surface area contributed by atoms with Crippen molar-refractivity contribution in [1.82, 2.24) is 4.31 Å². The predicted molar refractivity (Wildman–Crippen MR) is 83.4 cm³/mol. The molecule has 0 saturated heterocycles. The Hall–Kier alpha value is -1.02. The molecule has 0 fully saturated rings. The maximum atomic E-state index is 12.5. The molecule has 0 aromatic heterocycles. The number of aryl methyl sites for hydroxylation is 1. The predicted octanol–water partition coefficient (Wildman–Crippen LogP) is 1.29. The van der Waals surface area contributed by atoms with E-state index < -0.39 is 10.0 Å². The highest BCUT2D eigenvalue weighted by molar-refractivity contribution is 7.89. The van der Waals surface area contributed by atoms with Crippen molar-refractivity contribution in [3.8, 4) is 0 Å². The van der Waals surface area contributed by atoms with Crippen molar-refractivity contribution in [2.75, 3.05) is 27.3 Å². The van der Waals surface area contributed by atoms with Crippen LogP contribution in [-0.2, 0) is 14.8 Å². The van der Waals surface area contributed by atoms with Crippen LogP contribution < -0.4 is 5.73 Å². The van der Waals surface area contributed by atoms with Crippen LogP contribution in [-0.4, -0.2) is 45.0 Å². The fraction of sp³-hybridized carbons (Fsp3) is 0.462. The van der Waals surface area contributed by atoms with E-state index in [0.29, 0.717) is 30.7 Å². The number of thiocarbonyl (C=S) groups is 1. The van der Waals surface area contributed by atoms with Gasteiger partial charge in [-0.3, -0.25) is 0 Å². The third-order valence-corrected chi connectivity index (χ3v) is 5.22. The maximum Gasteiger partial charge on any atom is 0.243 e. The molecule has 1 aromatic carbocycles. The largest absolute Gasteiger partial charge is 0.389 e. The summed E-state index contributed by atoms with van der Waals surface area (Å²) in [6.45, 7) is 2.66. The summed E-state index contributed by atoms with van der Waals surface area (Å²) in [4.78, 5) is 0.422. The molecule has 0 aliphatic carbocycles. The summed E-state index contributed by atoms with van der Waals surface area (Å²) in [6.07, 6.45) is 0.639.